The van der Waals surface area contributed by atoms with E-state index in [-0.39, 0.29) is 11.1 Å². The third kappa shape index (κ3) is 1.03. The summed E-state index contributed by atoms with van der Waals surface area (Å²) < 4.78 is 13.0. The summed E-state index contributed by atoms with van der Waals surface area (Å²) in [5, 5.41) is 10.3. The van der Waals surface area contributed by atoms with E-state index in [0.717, 1.165) is 6.20 Å². The molecule has 0 spiro atoms. The van der Waals surface area contributed by atoms with Gasteiger partial charge in [0.1, 0.15) is 5.39 Å². The first-order valence-electron chi connectivity index (χ1n) is 3.46. The summed E-state index contributed by atoms with van der Waals surface area (Å²) in [6.45, 7) is 0. The summed E-state index contributed by atoms with van der Waals surface area (Å²) in [5.41, 5.74) is 0.0831. The maximum atomic E-state index is 13.0. The molecule has 0 unspecified atom stereocenters. The van der Waals surface area contributed by atoms with Crippen LogP contribution < -0.4 is 0 Å². The lowest BCUT2D eigenvalue weighted by Gasteiger charge is -1.90. The molecule has 0 radical (unpaired) electrons. The van der Waals surface area contributed by atoms with Crippen molar-refractivity contribution < 1.29 is 9.31 Å². The molecule has 0 bridgehead atoms. The lowest BCUT2D eigenvalue weighted by atomic mass is 10.3. The molecule has 5 nitrogen and oxygen atoms in total. The highest BCUT2D eigenvalue weighted by atomic mass is 19.1. The number of halogens is 1. The molecule has 2 rings (SSSR count). The van der Waals surface area contributed by atoms with Gasteiger partial charge >= 0.3 is 0 Å². The van der Waals surface area contributed by atoms with Gasteiger partial charge in [-0.25, -0.2) is 4.98 Å². The van der Waals surface area contributed by atoms with Gasteiger partial charge in [0.05, 0.1) is 16.6 Å². The normalized spacial score (nSPS) is 10.5. The standard InChI is InChI=1S/C7H4FN3O2/c8-7-6-4(1-2-9-7)10-3-5(6)11(12)13/h1-3,10H. The first-order valence-corrected chi connectivity index (χ1v) is 3.46. The minimum atomic E-state index is -0.828. The molecule has 13 heavy (non-hydrogen) atoms. The molecule has 0 aliphatic carbocycles. The van der Waals surface area contributed by atoms with E-state index in [9.17, 15) is 14.5 Å². The maximum Gasteiger partial charge on any atom is 0.299 e. The van der Waals surface area contributed by atoms with Crippen molar-refractivity contribution in [3.05, 3.63) is 34.5 Å². The van der Waals surface area contributed by atoms with Crippen LogP contribution in [-0.4, -0.2) is 14.9 Å². The van der Waals surface area contributed by atoms with Crippen molar-refractivity contribution >= 4 is 16.6 Å². The molecule has 2 aromatic rings. The van der Waals surface area contributed by atoms with Gasteiger partial charge in [0.2, 0.25) is 5.95 Å². The Hall–Kier alpha value is -1.98. The third-order valence-electron chi connectivity index (χ3n) is 1.72. The van der Waals surface area contributed by atoms with Crippen molar-refractivity contribution in [3.8, 4) is 0 Å². The van der Waals surface area contributed by atoms with Gasteiger partial charge in [0.15, 0.2) is 0 Å². The Labute approximate surface area is 71.4 Å². The van der Waals surface area contributed by atoms with Gasteiger partial charge in [0.25, 0.3) is 5.69 Å². The molecule has 0 amide bonds. The molecule has 66 valence electrons. The van der Waals surface area contributed by atoms with Gasteiger partial charge in [-0.3, -0.25) is 10.1 Å². The smallest absolute Gasteiger partial charge is 0.299 e. The molecule has 6 heteroatoms. The Bertz CT molecular complexity index is 480. The predicted molar refractivity (Wildman–Crippen MR) is 42.7 cm³/mol. The SMILES string of the molecule is O=[N+]([O-])c1c[nH]c2ccnc(F)c12. The number of aromatic nitrogens is 2. The molecular weight excluding hydrogens is 177 g/mol. The van der Waals surface area contributed by atoms with Gasteiger partial charge < -0.3 is 4.98 Å². The summed E-state index contributed by atoms with van der Waals surface area (Å²) in [7, 11) is 0. The first kappa shape index (κ1) is 7.66. The average molecular weight is 181 g/mol. The van der Waals surface area contributed by atoms with Crippen LogP contribution in [0.15, 0.2) is 18.5 Å². The van der Waals surface area contributed by atoms with Crippen molar-refractivity contribution in [1.29, 1.82) is 0 Å². The molecule has 2 heterocycles. The summed E-state index contributed by atoms with van der Waals surface area (Å²) in [6, 6.07) is 1.48. The summed E-state index contributed by atoms with van der Waals surface area (Å²) >= 11 is 0. The fourth-order valence-corrected chi connectivity index (χ4v) is 1.16. The average Bonchev–Trinajstić information content (AvgIpc) is 2.49. The minimum Gasteiger partial charge on any atom is -0.355 e. The van der Waals surface area contributed by atoms with Crippen molar-refractivity contribution in [1.82, 2.24) is 9.97 Å². The second-order valence-electron chi connectivity index (χ2n) is 2.46. The highest BCUT2D eigenvalue weighted by molar-refractivity contribution is 5.88. The molecule has 0 saturated heterocycles. The number of pyridine rings is 1. The monoisotopic (exact) mass is 181 g/mol. The Morgan fingerprint density at radius 1 is 1.62 bits per heavy atom. The van der Waals surface area contributed by atoms with Crippen LogP contribution in [0.5, 0.6) is 0 Å². The maximum absolute atomic E-state index is 13.0. The van der Waals surface area contributed by atoms with Crippen LogP contribution in [0.4, 0.5) is 10.1 Å². The van der Waals surface area contributed by atoms with Gasteiger partial charge in [-0.1, -0.05) is 0 Å². The predicted octanol–water partition coefficient (Wildman–Crippen LogP) is 1.61. The number of nitrogens with one attached hydrogen (secondary N) is 1. The zero-order valence-corrected chi connectivity index (χ0v) is 6.32. The molecule has 0 aromatic carbocycles. The number of rotatable bonds is 1. The first-order chi connectivity index (χ1) is 6.20. The lowest BCUT2D eigenvalue weighted by molar-refractivity contribution is -0.383. The Balaban J connectivity index is 2.86. The molecule has 0 fully saturated rings. The van der Waals surface area contributed by atoms with E-state index < -0.39 is 10.9 Å². The zero-order chi connectivity index (χ0) is 9.42. The van der Waals surface area contributed by atoms with Crippen molar-refractivity contribution in [3.63, 3.8) is 0 Å². The fourth-order valence-electron chi connectivity index (χ4n) is 1.16. The van der Waals surface area contributed by atoms with Crippen LogP contribution in [0.25, 0.3) is 10.9 Å². The van der Waals surface area contributed by atoms with Crippen molar-refractivity contribution in [2.75, 3.05) is 0 Å². The van der Waals surface area contributed by atoms with E-state index in [1.807, 2.05) is 0 Å². The quantitative estimate of drug-likeness (QED) is 0.412. The molecule has 0 saturated carbocycles. The summed E-state index contributed by atoms with van der Waals surface area (Å²) in [4.78, 5) is 15.7. The zero-order valence-electron chi connectivity index (χ0n) is 6.32. The van der Waals surface area contributed by atoms with Gasteiger partial charge in [-0.2, -0.15) is 4.39 Å². The Kier molecular flexibility index (Phi) is 1.48. The topological polar surface area (TPSA) is 71.8 Å². The second-order valence-corrected chi connectivity index (χ2v) is 2.46. The number of fused-ring (bicyclic) bond motifs is 1. The Morgan fingerprint density at radius 2 is 2.38 bits per heavy atom. The number of nitrogens with zero attached hydrogens (tertiary/aromatic N) is 2. The minimum absolute atomic E-state index is 0.0764. The van der Waals surface area contributed by atoms with Crippen LogP contribution in [-0.2, 0) is 0 Å². The molecule has 2 aromatic heterocycles. The van der Waals surface area contributed by atoms with Crippen LogP contribution in [0, 0.1) is 16.1 Å². The fraction of sp³-hybridized carbons (Fsp3) is 0. The summed E-state index contributed by atoms with van der Waals surface area (Å²) in [5.74, 6) is -0.828. The highest BCUT2D eigenvalue weighted by Crippen LogP contribution is 2.25. The third-order valence-corrected chi connectivity index (χ3v) is 1.72. The molecule has 0 aliphatic rings. The Morgan fingerprint density at radius 3 is 3.08 bits per heavy atom. The molecule has 1 N–H and O–H groups in total. The van der Waals surface area contributed by atoms with Crippen LogP contribution >= 0.6 is 0 Å². The molecule has 0 aliphatic heterocycles. The highest BCUT2D eigenvalue weighted by Gasteiger charge is 2.17. The number of nitro groups is 1. The van der Waals surface area contributed by atoms with E-state index in [4.69, 9.17) is 0 Å². The lowest BCUT2D eigenvalue weighted by Crippen LogP contribution is -1.88. The van der Waals surface area contributed by atoms with E-state index in [1.54, 1.807) is 0 Å². The van der Waals surface area contributed by atoms with Gasteiger partial charge in [0, 0.05) is 6.20 Å². The number of hydrogen-bond acceptors (Lipinski definition) is 3. The number of hydrogen-bond donors (Lipinski definition) is 1. The second kappa shape index (κ2) is 2.51. The van der Waals surface area contributed by atoms with E-state index in [0.29, 0.717) is 5.52 Å². The van der Waals surface area contributed by atoms with Gasteiger partial charge in [-0.05, 0) is 6.07 Å². The van der Waals surface area contributed by atoms with Crippen LogP contribution in [0.2, 0.25) is 0 Å². The largest absolute Gasteiger partial charge is 0.355 e. The van der Waals surface area contributed by atoms with Crippen LogP contribution in [0.3, 0.4) is 0 Å². The van der Waals surface area contributed by atoms with Crippen LogP contribution in [0.1, 0.15) is 0 Å². The molecular formula is C7H4FN3O2. The van der Waals surface area contributed by atoms with Crippen molar-refractivity contribution in [2.24, 2.45) is 0 Å². The van der Waals surface area contributed by atoms with Crippen molar-refractivity contribution in [2.45, 2.75) is 0 Å². The van der Waals surface area contributed by atoms with E-state index in [2.05, 4.69) is 9.97 Å². The summed E-state index contributed by atoms with van der Waals surface area (Å²) in [6.07, 6.45) is 2.40. The molecule has 0 atom stereocenters. The van der Waals surface area contributed by atoms with Gasteiger partial charge in [-0.15, -0.1) is 0 Å². The number of aromatic amines is 1. The van der Waals surface area contributed by atoms with E-state index in [1.165, 1.54) is 12.3 Å². The number of H-pyrrole nitrogens is 1. The van der Waals surface area contributed by atoms with E-state index >= 15 is 0 Å².